The first-order valence-corrected chi connectivity index (χ1v) is 13.2. The van der Waals surface area contributed by atoms with E-state index in [0.29, 0.717) is 16.7 Å². The van der Waals surface area contributed by atoms with Gasteiger partial charge in [-0.3, -0.25) is 0 Å². The Labute approximate surface area is 145 Å². The van der Waals surface area contributed by atoms with E-state index in [1.165, 1.54) is 32.1 Å². The minimum atomic E-state index is -1.32. The SMILES string of the molecule is CC1(C)CCC[C@]2(C)[C@H]3CC(C#C[Si](C)(C)C)O[C@]3(C)CC[C@@H]12. The van der Waals surface area contributed by atoms with Crippen LogP contribution >= 0.6 is 0 Å². The van der Waals surface area contributed by atoms with Crippen LogP contribution in [-0.4, -0.2) is 19.8 Å². The van der Waals surface area contributed by atoms with Crippen LogP contribution in [0.3, 0.4) is 0 Å². The number of fused-ring (bicyclic) bond motifs is 3. The first kappa shape index (κ1) is 17.6. The lowest BCUT2D eigenvalue weighted by molar-refractivity contribution is -0.151. The summed E-state index contributed by atoms with van der Waals surface area (Å²) in [5, 5.41) is 0. The third-order valence-electron chi connectivity index (χ3n) is 7.21. The molecule has 2 saturated carbocycles. The molecule has 0 aromatic rings. The quantitative estimate of drug-likeness (QED) is 0.411. The zero-order chi connectivity index (χ0) is 17.1. The first-order chi connectivity index (χ1) is 10.5. The third kappa shape index (κ3) is 3.04. The molecular weight excluding hydrogens is 296 g/mol. The van der Waals surface area contributed by atoms with Gasteiger partial charge in [0.15, 0.2) is 0 Å². The second kappa shape index (κ2) is 5.37. The van der Waals surface area contributed by atoms with Crippen molar-refractivity contribution in [2.24, 2.45) is 22.7 Å². The van der Waals surface area contributed by atoms with Crippen LogP contribution in [0.15, 0.2) is 0 Å². The molecule has 23 heavy (non-hydrogen) atoms. The first-order valence-electron chi connectivity index (χ1n) is 9.67. The molecule has 2 aliphatic carbocycles. The summed E-state index contributed by atoms with van der Waals surface area (Å²) in [6.45, 7) is 17.0. The summed E-state index contributed by atoms with van der Waals surface area (Å²) >= 11 is 0. The van der Waals surface area contributed by atoms with Gasteiger partial charge in [-0.25, -0.2) is 0 Å². The zero-order valence-electron chi connectivity index (χ0n) is 16.4. The molecular formula is C21H36OSi. The Bertz CT molecular complexity index is 534. The minimum Gasteiger partial charge on any atom is -0.359 e. The molecule has 0 bridgehead atoms. The lowest BCUT2D eigenvalue weighted by atomic mass is 9.45. The van der Waals surface area contributed by atoms with E-state index in [1.54, 1.807) is 0 Å². The van der Waals surface area contributed by atoms with Crippen LogP contribution < -0.4 is 0 Å². The maximum atomic E-state index is 6.58. The molecule has 5 atom stereocenters. The molecule has 1 nitrogen and oxygen atoms in total. The number of hydrogen-bond donors (Lipinski definition) is 0. The maximum Gasteiger partial charge on any atom is 0.129 e. The average Bonchev–Trinajstić information content (AvgIpc) is 2.73. The highest BCUT2D eigenvalue weighted by molar-refractivity contribution is 6.83. The average molecular weight is 333 g/mol. The molecule has 3 rings (SSSR count). The zero-order valence-corrected chi connectivity index (χ0v) is 17.4. The Morgan fingerprint density at radius 3 is 2.30 bits per heavy atom. The van der Waals surface area contributed by atoms with Crippen molar-refractivity contribution in [3.63, 3.8) is 0 Å². The molecule has 3 fully saturated rings. The molecule has 0 aromatic heterocycles. The molecule has 0 radical (unpaired) electrons. The number of hydrogen-bond acceptors (Lipinski definition) is 1. The fourth-order valence-electron chi connectivity index (χ4n) is 6.24. The van der Waals surface area contributed by atoms with Gasteiger partial charge < -0.3 is 4.74 Å². The van der Waals surface area contributed by atoms with E-state index in [-0.39, 0.29) is 11.7 Å². The van der Waals surface area contributed by atoms with Gasteiger partial charge in [-0.05, 0) is 61.7 Å². The Morgan fingerprint density at radius 1 is 0.957 bits per heavy atom. The fraction of sp³-hybridized carbons (Fsp3) is 0.905. The van der Waals surface area contributed by atoms with Crippen LogP contribution in [0.1, 0.15) is 66.2 Å². The van der Waals surface area contributed by atoms with E-state index in [0.717, 1.165) is 12.3 Å². The molecule has 1 saturated heterocycles. The summed E-state index contributed by atoms with van der Waals surface area (Å²) in [6.07, 6.45) is 8.08. The summed E-state index contributed by atoms with van der Waals surface area (Å²) in [5.41, 5.74) is 4.57. The summed E-state index contributed by atoms with van der Waals surface area (Å²) < 4.78 is 6.58. The molecule has 130 valence electrons. The standard InChI is InChI=1S/C21H36OSi/c1-19(2)11-8-12-20(3)17(19)9-13-21(4)18(20)15-16(22-21)10-14-23(5,6)7/h16-18H,8-9,11-13,15H2,1-7H3/t16?,17-,18+,20-,21+/m0/s1. The fourth-order valence-corrected chi connectivity index (χ4v) is 6.83. The van der Waals surface area contributed by atoms with E-state index in [1.807, 2.05) is 0 Å². The smallest absolute Gasteiger partial charge is 0.129 e. The van der Waals surface area contributed by atoms with Gasteiger partial charge in [0.05, 0.1) is 5.60 Å². The predicted molar refractivity (Wildman–Crippen MR) is 101 cm³/mol. The molecule has 1 heterocycles. The van der Waals surface area contributed by atoms with E-state index in [9.17, 15) is 0 Å². The van der Waals surface area contributed by atoms with Gasteiger partial charge in [-0.1, -0.05) is 52.8 Å². The van der Waals surface area contributed by atoms with Crippen LogP contribution in [0.25, 0.3) is 0 Å². The highest BCUT2D eigenvalue weighted by Crippen LogP contribution is 2.65. The number of ether oxygens (including phenoxy) is 1. The van der Waals surface area contributed by atoms with Crippen molar-refractivity contribution in [2.45, 2.75) is 97.6 Å². The predicted octanol–water partition coefficient (Wildman–Crippen LogP) is 5.66. The highest BCUT2D eigenvalue weighted by atomic mass is 28.3. The second-order valence-corrected chi connectivity index (χ2v) is 15.4. The van der Waals surface area contributed by atoms with E-state index in [2.05, 4.69) is 58.8 Å². The normalized spacial score (nSPS) is 45.6. The van der Waals surface area contributed by atoms with Crippen LogP contribution in [-0.2, 0) is 4.74 Å². The molecule has 0 aromatic carbocycles. The third-order valence-corrected chi connectivity index (χ3v) is 8.10. The van der Waals surface area contributed by atoms with E-state index < -0.39 is 8.07 Å². The van der Waals surface area contributed by atoms with Gasteiger partial charge in [0.25, 0.3) is 0 Å². The topological polar surface area (TPSA) is 9.23 Å². The summed E-state index contributed by atoms with van der Waals surface area (Å²) in [5.74, 6) is 5.07. The van der Waals surface area contributed by atoms with Gasteiger partial charge in [0, 0.05) is 0 Å². The largest absolute Gasteiger partial charge is 0.359 e. The lowest BCUT2D eigenvalue weighted by Crippen LogP contribution is -2.55. The Morgan fingerprint density at radius 2 is 1.65 bits per heavy atom. The monoisotopic (exact) mass is 332 g/mol. The molecule has 3 aliphatic rings. The summed E-state index contributed by atoms with van der Waals surface area (Å²) in [7, 11) is -1.32. The van der Waals surface area contributed by atoms with Crippen molar-refractivity contribution < 1.29 is 4.74 Å². The van der Waals surface area contributed by atoms with Gasteiger partial charge in [0.1, 0.15) is 14.2 Å². The van der Waals surface area contributed by atoms with E-state index >= 15 is 0 Å². The molecule has 0 spiro atoms. The van der Waals surface area contributed by atoms with Crippen molar-refractivity contribution in [3.8, 4) is 11.5 Å². The van der Waals surface area contributed by atoms with Crippen molar-refractivity contribution in [2.75, 3.05) is 0 Å². The van der Waals surface area contributed by atoms with Gasteiger partial charge in [-0.2, -0.15) is 0 Å². The van der Waals surface area contributed by atoms with Crippen LogP contribution in [0.4, 0.5) is 0 Å². The summed E-state index contributed by atoms with van der Waals surface area (Å²) in [6, 6.07) is 0. The molecule has 2 heteroatoms. The van der Waals surface area contributed by atoms with Crippen molar-refractivity contribution in [3.05, 3.63) is 0 Å². The molecule has 0 N–H and O–H groups in total. The second-order valence-electron chi connectivity index (χ2n) is 10.7. The lowest BCUT2D eigenvalue weighted by Gasteiger charge is -2.60. The Balaban J connectivity index is 1.88. The summed E-state index contributed by atoms with van der Waals surface area (Å²) in [4.78, 5) is 0. The van der Waals surface area contributed by atoms with Gasteiger partial charge >= 0.3 is 0 Å². The Hall–Kier alpha value is -0.263. The van der Waals surface area contributed by atoms with Gasteiger partial charge in [-0.15, -0.1) is 5.54 Å². The van der Waals surface area contributed by atoms with Crippen molar-refractivity contribution in [1.29, 1.82) is 0 Å². The molecule has 1 unspecified atom stereocenters. The maximum absolute atomic E-state index is 6.58. The number of rotatable bonds is 0. The Kier molecular flexibility index (Phi) is 4.10. The highest BCUT2D eigenvalue weighted by Gasteiger charge is 2.61. The van der Waals surface area contributed by atoms with Crippen molar-refractivity contribution in [1.82, 2.24) is 0 Å². The van der Waals surface area contributed by atoms with Gasteiger partial charge in [0.2, 0.25) is 0 Å². The van der Waals surface area contributed by atoms with E-state index in [4.69, 9.17) is 4.74 Å². The minimum absolute atomic E-state index is 0.0669. The van der Waals surface area contributed by atoms with Crippen LogP contribution in [0.2, 0.25) is 19.6 Å². The molecule has 0 amide bonds. The molecule has 1 aliphatic heterocycles. The van der Waals surface area contributed by atoms with Crippen molar-refractivity contribution >= 4 is 8.07 Å². The van der Waals surface area contributed by atoms with Crippen LogP contribution in [0.5, 0.6) is 0 Å². The van der Waals surface area contributed by atoms with Crippen LogP contribution in [0, 0.1) is 34.1 Å².